The number of aliphatic hydroxyl groups excluding tert-OH is 3. The minimum atomic E-state index is -1.25. The SMILES string of the molecule is Nc1nnnc2c1nc(Br)n2[C@@H]1O[C@H](CO)[C@@H](O)[C@H]1O. The van der Waals surface area contributed by atoms with Crippen molar-refractivity contribution in [3.63, 3.8) is 0 Å². The first kappa shape index (κ1) is 13.6. The van der Waals surface area contributed by atoms with Crippen LogP contribution in [0.3, 0.4) is 0 Å². The summed E-state index contributed by atoms with van der Waals surface area (Å²) >= 11 is 3.21. The van der Waals surface area contributed by atoms with Crippen molar-refractivity contribution >= 4 is 32.9 Å². The predicted molar refractivity (Wildman–Crippen MR) is 68.2 cm³/mol. The highest BCUT2D eigenvalue weighted by atomic mass is 79.9. The number of aromatic nitrogens is 5. The lowest BCUT2D eigenvalue weighted by molar-refractivity contribution is -0.0521. The third kappa shape index (κ3) is 1.86. The van der Waals surface area contributed by atoms with Crippen molar-refractivity contribution < 1.29 is 20.1 Å². The van der Waals surface area contributed by atoms with E-state index in [1.807, 2.05) is 0 Å². The third-order valence-electron chi connectivity index (χ3n) is 3.15. The van der Waals surface area contributed by atoms with Crippen LogP contribution in [0.2, 0.25) is 0 Å². The summed E-state index contributed by atoms with van der Waals surface area (Å²) in [7, 11) is 0. The molecule has 3 heterocycles. The molecule has 0 spiro atoms. The van der Waals surface area contributed by atoms with Crippen molar-refractivity contribution in [3.8, 4) is 0 Å². The smallest absolute Gasteiger partial charge is 0.191 e. The quantitative estimate of drug-likeness (QED) is 0.492. The van der Waals surface area contributed by atoms with Crippen molar-refractivity contribution in [1.29, 1.82) is 0 Å². The van der Waals surface area contributed by atoms with Gasteiger partial charge in [0.05, 0.1) is 6.61 Å². The Morgan fingerprint density at radius 2 is 2.05 bits per heavy atom. The monoisotopic (exact) mass is 346 g/mol. The second kappa shape index (κ2) is 4.86. The van der Waals surface area contributed by atoms with Crippen LogP contribution in [0.5, 0.6) is 0 Å². The fourth-order valence-corrected chi connectivity index (χ4v) is 2.69. The number of nitrogens with two attached hydrogens (primary N) is 1. The first-order chi connectivity index (χ1) is 9.54. The normalized spacial score (nSPS) is 30.2. The molecule has 1 aliphatic heterocycles. The molecule has 0 aliphatic carbocycles. The zero-order chi connectivity index (χ0) is 14.4. The molecule has 1 fully saturated rings. The van der Waals surface area contributed by atoms with Crippen LogP contribution in [0.1, 0.15) is 6.23 Å². The maximum atomic E-state index is 10.0. The molecule has 0 saturated carbocycles. The van der Waals surface area contributed by atoms with Crippen LogP contribution in [0.25, 0.3) is 11.2 Å². The Kier molecular flexibility index (Phi) is 3.30. The number of hydrogen-bond donors (Lipinski definition) is 4. The molecule has 3 rings (SSSR count). The van der Waals surface area contributed by atoms with E-state index >= 15 is 0 Å². The second-order valence-corrected chi connectivity index (χ2v) is 5.04. The Labute approximate surface area is 120 Å². The van der Waals surface area contributed by atoms with E-state index in [1.165, 1.54) is 4.57 Å². The molecular weight excluding hydrogens is 336 g/mol. The summed E-state index contributed by atoms with van der Waals surface area (Å²) in [4.78, 5) is 4.12. The highest BCUT2D eigenvalue weighted by molar-refractivity contribution is 9.10. The van der Waals surface area contributed by atoms with E-state index < -0.39 is 31.1 Å². The number of fused-ring (bicyclic) bond motifs is 1. The summed E-state index contributed by atoms with van der Waals surface area (Å²) < 4.78 is 7.10. The lowest BCUT2D eigenvalue weighted by Crippen LogP contribution is -2.33. The minimum Gasteiger partial charge on any atom is -0.394 e. The van der Waals surface area contributed by atoms with Crippen molar-refractivity contribution in [3.05, 3.63) is 4.73 Å². The molecular formula is C9H11BrN6O4. The molecule has 0 aromatic carbocycles. The molecule has 4 atom stereocenters. The average molecular weight is 347 g/mol. The summed E-state index contributed by atoms with van der Waals surface area (Å²) in [6, 6.07) is 0. The summed E-state index contributed by atoms with van der Waals surface area (Å²) in [5, 5.41) is 39.8. The maximum absolute atomic E-state index is 10.0. The number of aliphatic hydroxyl groups is 3. The van der Waals surface area contributed by atoms with Gasteiger partial charge in [-0.3, -0.25) is 4.57 Å². The molecule has 10 nitrogen and oxygen atoms in total. The summed E-state index contributed by atoms with van der Waals surface area (Å²) in [6.45, 7) is -0.422. The average Bonchev–Trinajstić information content (AvgIpc) is 2.90. The van der Waals surface area contributed by atoms with Crippen LogP contribution in [-0.4, -0.2) is 65.2 Å². The molecule has 11 heteroatoms. The van der Waals surface area contributed by atoms with E-state index in [0.717, 1.165) is 0 Å². The fourth-order valence-electron chi connectivity index (χ4n) is 2.14. The molecule has 0 unspecified atom stereocenters. The van der Waals surface area contributed by atoms with Gasteiger partial charge in [0.15, 0.2) is 27.9 Å². The Bertz CT molecular complexity index is 651. The van der Waals surface area contributed by atoms with Crippen LogP contribution in [0.4, 0.5) is 5.82 Å². The van der Waals surface area contributed by atoms with E-state index in [1.54, 1.807) is 0 Å². The number of hydrogen-bond acceptors (Lipinski definition) is 9. The van der Waals surface area contributed by atoms with Crippen LogP contribution in [0.15, 0.2) is 4.73 Å². The van der Waals surface area contributed by atoms with Gasteiger partial charge in [0.2, 0.25) is 0 Å². The van der Waals surface area contributed by atoms with Crippen molar-refractivity contribution in [1.82, 2.24) is 25.0 Å². The number of imidazole rings is 1. The largest absolute Gasteiger partial charge is 0.394 e. The first-order valence-electron chi connectivity index (χ1n) is 5.69. The maximum Gasteiger partial charge on any atom is 0.191 e. The van der Waals surface area contributed by atoms with Gasteiger partial charge in [-0.1, -0.05) is 0 Å². The van der Waals surface area contributed by atoms with Gasteiger partial charge < -0.3 is 25.8 Å². The molecule has 0 amide bonds. The zero-order valence-electron chi connectivity index (χ0n) is 9.96. The van der Waals surface area contributed by atoms with E-state index in [2.05, 4.69) is 36.3 Å². The number of ether oxygens (including phenoxy) is 1. The topological polar surface area (TPSA) is 152 Å². The summed E-state index contributed by atoms with van der Waals surface area (Å²) in [5.41, 5.74) is 6.19. The minimum absolute atomic E-state index is 0.0844. The highest BCUT2D eigenvalue weighted by Gasteiger charge is 2.44. The number of halogens is 1. The van der Waals surface area contributed by atoms with Crippen molar-refractivity contribution in [2.75, 3.05) is 12.3 Å². The van der Waals surface area contributed by atoms with Gasteiger partial charge >= 0.3 is 0 Å². The molecule has 1 aliphatic rings. The second-order valence-electron chi connectivity index (χ2n) is 4.33. The van der Waals surface area contributed by atoms with Gasteiger partial charge in [0.25, 0.3) is 0 Å². The molecule has 20 heavy (non-hydrogen) atoms. The third-order valence-corrected chi connectivity index (χ3v) is 3.71. The molecule has 2 aromatic rings. The Morgan fingerprint density at radius 3 is 2.70 bits per heavy atom. The van der Waals surface area contributed by atoms with E-state index in [9.17, 15) is 10.2 Å². The summed E-state index contributed by atoms with van der Waals surface area (Å²) in [5.74, 6) is 0.0844. The van der Waals surface area contributed by atoms with E-state index in [-0.39, 0.29) is 16.2 Å². The van der Waals surface area contributed by atoms with Gasteiger partial charge in [0, 0.05) is 0 Å². The van der Waals surface area contributed by atoms with Gasteiger partial charge in [0.1, 0.15) is 18.3 Å². The predicted octanol–water partition coefficient (Wildman–Crippen LogP) is -1.82. The van der Waals surface area contributed by atoms with Crippen LogP contribution >= 0.6 is 15.9 Å². The summed E-state index contributed by atoms with van der Waals surface area (Å²) in [6.07, 6.45) is -4.34. The first-order valence-corrected chi connectivity index (χ1v) is 6.48. The Hall–Kier alpha value is -1.40. The number of nitrogens with zero attached hydrogens (tertiary/aromatic N) is 5. The number of anilines is 1. The highest BCUT2D eigenvalue weighted by Crippen LogP contribution is 2.34. The number of rotatable bonds is 2. The van der Waals surface area contributed by atoms with Crippen LogP contribution in [0, 0.1) is 0 Å². The molecule has 0 radical (unpaired) electrons. The molecule has 5 N–H and O–H groups in total. The van der Waals surface area contributed by atoms with Crippen LogP contribution in [-0.2, 0) is 4.74 Å². The van der Waals surface area contributed by atoms with Gasteiger partial charge in [-0.15, -0.1) is 10.2 Å². The number of nitrogen functional groups attached to an aromatic ring is 1. The van der Waals surface area contributed by atoms with E-state index in [4.69, 9.17) is 15.6 Å². The van der Waals surface area contributed by atoms with E-state index in [0.29, 0.717) is 5.52 Å². The van der Waals surface area contributed by atoms with Crippen molar-refractivity contribution in [2.45, 2.75) is 24.5 Å². The Morgan fingerprint density at radius 1 is 1.30 bits per heavy atom. The zero-order valence-corrected chi connectivity index (χ0v) is 11.5. The molecule has 0 bridgehead atoms. The van der Waals surface area contributed by atoms with Crippen molar-refractivity contribution in [2.24, 2.45) is 0 Å². The molecule has 108 valence electrons. The molecule has 2 aromatic heterocycles. The standard InChI is InChI=1S/C9H11BrN6O4/c10-9-12-3-6(11)13-15-14-7(3)16(9)8-5(19)4(18)2(1-17)20-8/h2,4-5,8,17-19H,1H2,(H2,11,13,14)/t2-,4-,5-,8-/m1/s1. The van der Waals surface area contributed by atoms with Gasteiger partial charge in [-0.05, 0) is 21.1 Å². The lowest BCUT2D eigenvalue weighted by Gasteiger charge is -2.17. The van der Waals surface area contributed by atoms with Crippen LogP contribution < -0.4 is 5.73 Å². The van der Waals surface area contributed by atoms with Gasteiger partial charge in [-0.2, -0.15) is 0 Å². The molecule has 1 saturated heterocycles. The lowest BCUT2D eigenvalue weighted by atomic mass is 10.1. The Balaban J connectivity index is 2.11. The van der Waals surface area contributed by atoms with Gasteiger partial charge in [-0.25, -0.2) is 4.98 Å². The fraction of sp³-hybridized carbons (Fsp3) is 0.556.